The van der Waals surface area contributed by atoms with Crippen LogP contribution in [0.3, 0.4) is 0 Å². The minimum absolute atomic E-state index is 0.00485. The van der Waals surface area contributed by atoms with Crippen LogP contribution in [0.5, 0.6) is 5.75 Å². The molecule has 0 atom stereocenters. The van der Waals surface area contributed by atoms with E-state index in [1.165, 1.54) is 19.1 Å². The fourth-order valence-electron chi connectivity index (χ4n) is 3.82. The van der Waals surface area contributed by atoms with Gasteiger partial charge in [-0.1, -0.05) is 30.3 Å². The molecule has 2 heterocycles. The van der Waals surface area contributed by atoms with Crippen LogP contribution >= 0.6 is 11.3 Å². The fourth-order valence-corrected chi connectivity index (χ4v) is 4.82. The van der Waals surface area contributed by atoms with Crippen molar-refractivity contribution in [2.45, 2.75) is 20.0 Å². The van der Waals surface area contributed by atoms with Crippen molar-refractivity contribution in [3.05, 3.63) is 93.3 Å². The highest BCUT2D eigenvalue weighted by Gasteiger charge is 2.40. The summed E-state index contributed by atoms with van der Waals surface area (Å²) in [5, 5.41) is -0.151. The van der Waals surface area contributed by atoms with Gasteiger partial charge in [0, 0.05) is 5.56 Å². The van der Waals surface area contributed by atoms with Crippen LogP contribution in [-0.2, 0) is 6.18 Å². The second-order valence-electron chi connectivity index (χ2n) is 7.89. The van der Waals surface area contributed by atoms with Crippen molar-refractivity contribution in [1.29, 1.82) is 0 Å². The van der Waals surface area contributed by atoms with Crippen molar-refractivity contribution in [3.8, 4) is 16.3 Å². The summed E-state index contributed by atoms with van der Waals surface area (Å²) in [7, 11) is 0. The van der Waals surface area contributed by atoms with E-state index < -0.39 is 28.9 Å². The van der Waals surface area contributed by atoms with E-state index in [2.05, 4.69) is 4.98 Å². The number of halogens is 3. The van der Waals surface area contributed by atoms with Crippen molar-refractivity contribution >= 4 is 38.5 Å². The van der Waals surface area contributed by atoms with Crippen LogP contribution in [0.25, 0.3) is 31.8 Å². The van der Waals surface area contributed by atoms with Crippen molar-refractivity contribution < 1.29 is 27.1 Å². The molecular weight excluding hydrogens is 479 g/mol. The Labute approximate surface area is 200 Å². The Morgan fingerprint density at radius 3 is 2.43 bits per heavy atom. The molecule has 0 bridgehead atoms. The van der Waals surface area contributed by atoms with Gasteiger partial charge < -0.3 is 9.15 Å². The van der Waals surface area contributed by atoms with Gasteiger partial charge in [0.15, 0.2) is 0 Å². The summed E-state index contributed by atoms with van der Waals surface area (Å²) < 4.78 is 53.6. The molecule has 3 aromatic carbocycles. The van der Waals surface area contributed by atoms with E-state index in [0.717, 1.165) is 11.3 Å². The molecule has 0 saturated carbocycles. The Balaban J connectivity index is 1.69. The van der Waals surface area contributed by atoms with Crippen LogP contribution in [0.1, 0.15) is 27.2 Å². The van der Waals surface area contributed by atoms with Crippen LogP contribution in [0.4, 0.5) is 13.2 Å². The molecule has 0 radical (unpaired) electrons. The van der Waals surface area contributed by atoms with E-state index >= 15 is 0 Å². The average molecular weight is 495 g/mol. The number of benzene rings is 3. The van der Waals surface area contributed by atoms with Gasteiger partial charge in [-0.3, -0.25) is 4.79 Å². The molecule has 0 aliphatic carbocycles. The van der Waals surface area contributed by atoms with Crippen molar-refractivity contribution in [2.75, 3.05) is 0 Å². The quantitative estimate of drug-likeness (QED) is 0.201. The number of esters is 1. The smallest absolute Gasteiger partial charge is 0.450 e. The molecule has 35 heavy (non-hydrogen) atoms. The highest BCUT2D eigenvalue weighted by molar-refractivity contribution is 7.21. The van der Waals surface area contributed by atoms with Gasteiger partial charge in [0.05, 0.1) is 21.2 Å². The van der Waals surface area contributed by atoms with E-state index in [4.69, 9.17) is 9.15 Å². The third-order valence-corrected chi connectivity index (χ3v) is 6.65. The topological polar surface area (TPSA) is 69.4 Å². The molecule has 5 aromatic rings. The molecule has 0 saturated heterocycles. The number of aromatic nitrogens is 1. The average Bonchev–Trinajstić information content (AvgIpc) is 3.24. The number of nitrogens with zero attached hydrogens (tertiary/aromatic N) is 1. The summed E-state index contributed by atoms with van der Waals surface area (Å²) in [6.45, 7) is 3.17. The van der Waals surface area contributed by atoms with Crippen LogP contribution in [0.15, 0.2) is 69.9 Å². The SMILES string of the molecule is Cc1ccccc1C(=O)Oc1ccc2c(=O)c(-c3nc4ccccc4s3)c(C(F)(F)F)oc2c1C. The molecule has 0 fully saturated rings. The Morgan fingerprint density at radius 2 is 1.71 bits per heavy atom. The molecule has 0 amide bonds. The monoisotopic (exact) mass is 495 g/mol. The molecule has 9 heteroatoms. The first-order chi connectivity index (χ1) is 16.6. The number of carbonyl (C=O) groups is 1. The minimum atomic E-state index is -4.96. The van der Waals surface area contributed by atoms with Crippen molar-refractivity contribution in [2.24, 2.45) is 0 Å². The first-order valence-corrected chi connectivity index (χ1v) is 11.3. The first-order valence-electron chi connectivity index (χ1n) is 10.5. The van der Waals surface area contributed by atoms with Crippen molar-refractivity contribution in [1.82, 2.24) is 4.98 Å². The van der Waals surface area contributed by atoms with Gasteiger partial charge in [-0.05, 0) is 49.7 Å². The number of hydrogen-bond donors (Lipinski definition) is 0. The summed E-state index contributed by atoms with van der Waals surface area (Å²) in [5.41, 5.74) is -0.231. The van der Waals surface area contributed by atoms with Crippen molar-refractivity contribution in [3.63, 3.8) is 0 Å². The molecule has 0 aliphatic rings. The zero-order valence-electron chi connectivity index (χ0n) is 18.4. The zero-order valence-corrected chi connectivity index (χ0v) is 19.2. The van der Waals surface area contributed by atoms with Crippen LogP contribution in [0, 0.1) is 13.8 Å². The predicted molar refractivity (Wildman–Crippen MR) is 127 cm³/mol. The first kappa shape index (κ1) is 22.8. The van der Waals surface area contributed by atoms with Gasteiger partial charge in [0.2, 0.25) is 11.2 Å². The van der Waals surface area contributed by atoms with E-state index in [-0.39, 0.29) is 27.3 Å². The number of fused-ring (bicyclic) bond motifs is 2. The van der Waals surface area contributed by atoms with Crippen LogP contribution < -0.4 is 10.2 Å². The summed E-state index contributed by atoms with van der Waals surface area (Å²) in [5.74, 6) is -2.12. The van der Waals surface area contributed by atoms with Gasteiger partial charge in [-0.25, -0.2) is 9.78 Å². The lowest BCUT2D eigenvalue weighted by atomic mass is 10.1. The maximum Gasteiger partial charge on any atom is 0.450 e. The lowest BCUT2D eigenvalue weighted by Gasteiger charge is -2.14. The van der Waals surface area contributed by atoms with Gasteiger partial charge in [0.1, 0.15) is 21.9 Å². The van der Waals surface area contributed by atoms with Crippen LogP contribution in [-0.4, -0.2) is 11.0 Å². The Kier molecular flexibility index (Phi) is 5.44. The third kappa shape index (κ3) is 3.97. The molecule has 0 aliphatic heterocycles. The predicted octanol–water partition coefficient (Wildman–Crippen LogP) is 6.92. The minimum Gasteiger partial charge on any atom is -0.450 e. The molecule has 5 rings (SSSR count). The van der Waals surface area contributed by atoms with Crippen LogP contribution in [0.2, 0.25) is 0 Å². The maximum atomic E-state index is 14.1. The summed E-state index contributed by atoms with van der Waals surface area (Å²) >= 11 is 0.978. The maximum absolute atomic E-state index is 14.1. The number of para-hydroxylation sites is 1. The normalized spacial score (nSPS) is 11.8. The van der Waals surface area contributed by atoms with Gasteiger partial charge in [0.25, 0.3) is 0 Å². The lowest BCUT2D eigenvalue weighted by molar-refractivity contribution is -0.152. The molecule has 176 valence electrons. The number of ether oxygens (including phenoxy) is 1. The summed E-state index contributed by atoms with van der Waals surface area (Å²) in [6, 6.07) is 16.3. The number of carbonyl (C=O) groups excluding carboxylic acids is 1. The van der Waals surface area contributed by atoms with Gasteiger partial charge in [-0.15, -0.1) is 11.3 Å². The molecular formula is C26H16F3NO4S. The highest BCUT2D eigenvalue weighted by Crippen LogP contribution is 2.41. The van der Waals surface area contributed by atoms with Gasteiger partial charge in [-0.2, -0.15) is 13.2 Å². The molecule has 5 nitrogen and oxygen atoms in total. The summed E-state index contributed by atoms with van der Waals surface area (Å²) in [6.07, 6.45) is -4.96. The molecule has 0 unspecified atom stereocenters. The standard InChI is InChI=1S/C26H16F3NO4S/c1-13-7-3-4-8-15(13)25(32)33-18-12-11-16-21(31)20(23(26(27,28)29)34-22(16)14(18)2)24-30-17-9-5-6-10-19(17)35-24/h3-12H,1-2H3. The zero-order chi connectivity index (χ0) is 24.9. The van der Waals surface area contributed by atoms with E-state index in [0.29, 0.717) is 21.3 Å². The Morgan fingerprint density at radius 1 is 1.00 bits per heavy atom. The number of rotatable bonds is 3. The molecule has 2 aromatic heterocycles. The van der Waals surface area contributed by atoms with E-state index in [9.17, 15) is 22.8 Å². The molecule has 0 spiro atoms. The second kappa shape index (κ2) is 8.35. The second-order valence-corrected chi connectivity index (χ2v) is 8.92. The van der Waals surface area contributed by atoms with Gasteiger partial charge >= 0.3 is 12.1 Å². The Hall–Kier alpha value is -3.98. The number of thiazole rings is 1. The number of aryl methyl sites for hydroxylation is 2. The Bertz CT molecular complexity index is 1650. The number of alkyl halides is 3. The summed E-state index contributed by atoms with van der Waals surface area (Å²) in [4.78, 5) is 30.2. The fraction of sp³-hybridized carbons (Fsp3) is 0.115. The molecule has 0 N–H and O–H groups in total. The number of hydrogen-bond acceptors (Lipinski definition) is 6. The lowest BCUT2D eigenvalue weighted by Crippen LogP contribution is -2.17. The van der Waals surface area contributed by atoms with E-state index in [1.54, 1.807) is 55.5 Å². The largest absolute Gasteiger partial charge is 0.450 e. The highest BCUT2D eigenvalue weighted by atomic mass is 32.1. The van der Waals surface area contributed by atoms with E-state index in [1.807, 2.05) is 0 Å². The third-order valence-electron chi connectivity index (χ3n) is 5.59.